The summed E-state index contributed by atoms with van der Waals surface area (Å²) in [6, 6.07) is 2.68. The van der Waals surface area contributed by atoms with Crippen LogP contribution in [-0.4, -0.2) is 14.2 Å². The summed E-state index contributed by atoms with van der Waals surface area (Å²) in [5.74, 6) is 0.665. The molecule has 0 aliphatic rings. The van der Waals surface area contributed by atoms with Crippen LogP contribution in [-0.2, 0) is 0 Å². The second-order valence-electron chi connectivity index (χ2n) is 2.12. The van der Waals surface area contributed by atoms with Gasteiger partial charge in [0.15, 0.2) is 11.5 Å². The summed E-state index contributed by atoms with van der Waals surface area (Å²) in [4.78, 5) is 0. The molecule has 0 heterocycles. The molecular formula is C8H8FIO2. The van der Waals surface area contributed by atoms with Gasteiger partial charge in [-0.15, -0.1) is 0 Å². The monoisotopic (exact) mass is 282 g/mol. The number of benzene rings is 1. The maximum Gasteiger partial charge on any atom is 0.174 e. The Kier molecular flexibility index (Phi) is 3.13. The molecule has 0 unspecified atom stereocenters. The minimum atomic E-state index is -0.322. The van der Waals surface area contributed by atoms with Crippen molar-refractivity contribution in [3.63, 3.8) is 0 Å². The van der Waals surface area contributed by atoms with Gasteiger partial charge in [0.25, 0.3) is 0 Å². The smallest absolute Gasteiger partial charge is 0.174 e. The first-order chi connectivity index (χ1) is 5.69. The number of halogens is 2. The fourth-order valence-electron chi connectivity index (χ4n) is 0.886. The summed E-state index contributed by atoms with van der Waals surface area (Å²) >= 11 is 1.99. The SMILES string of the molecule is COc1cc(F)cc(I)c1OC. The Balaban J connectivity index is 3.24. The Morgan fingerprint density at radius 3 is 2.42 bits per heavy atom. The average Bonchev–Trinajstić information content (AvgIpc) is 2.03. The van der Waals surface area contributed by atoms with Gasteiger partial charge in [0.1, 0.15) is 5.82 Å². The van der Waals surface area contributed by atoms with Crippen LogP contribution >= 0.6 is 22.6 Å². The van der Waals surface area contributed by atoms with Crippen LogP contribution in [0.25, 0.3) is 0 Å². The molecule has 1 aromatic rings. The molecule has 0 spiro atoms. The van der Waals surface area contributed by atoms with Crippen LogP contribution in [0.2, 0.25) is 0 Å². The molecule has 12 heavy (non-hydrogen) atoms. The van der Waals surface area contributed by atoms with Gasteiger partial charge < -0.3 is 9.47 Å². The summed E-state index contributed by atoms with van der Waals surface area (Å²) in [5.41, 5.74) is 0. The van der Waals surface area contributed by atoms with Crippen molar-refractivity contribution in [2.45, 2.75) is 0 Å². The summed E-state index contributed by atoms with van der Waals surface area (Å²) in [6.45, 7) is 0. The Hall–Kier alpha value is -0.520. The van der Waals surface area contributed by atoms with E-state index in [1.165, 1.54) is 26.4 Å². The van der Waals surface area contributed by atoms with Crippen molar-refractivity contribution in [3.8, 4) is 11.5 Å². The van der Waals surface area contributed by atoms with Crippen LogP contribution in [0.4, 0.5) is 4.39 Å². The Labute approximate surface area is 83.8 Å². The van der Waals surface area contributed by atoms with Gasteiger partial charge in [0.05, 0.1) is 17.8 Å². The normalized spacial score (nSPS) is 9.67. The Morgan fingerprint density at radius 1 is 1.25 bits per heavy atom. The molecular weight excluding hydrogens is 274 g/mol. The average molecular weight is 282 g/mol. The van der Waals surface area contributed by atoms with Crippen molar-refractivity contribution in [1.29, 1.82) is 0 Å². The van der Waals surface area contributed by atoms with Crippen molar-refractivity contribution in [1.82, 2.24) is 0 Å². The second kappa shape index (κ2) is 3.93. The van der Waals surface area contributed by atoms with Crippen molar-refractivity contribution in [2.75, 3.05) is 14.2 Å². The minimum Gasteiger partial charge on any atom is -0.493 e. The van der Waals surface area contributed by atoms with Crippen LogP contribution in [0.15, 0.2) is 12.1 Å². The topological polar surface area (TPSA) is 18.5 Å². The molecule has 1 rings (SSSR count). The van der Waals surface area contributed by atoms with E-state index in [2.05, 4.69) is 0 Å². The molecule has 0 saturated carbocycles. The third kappa shape index (κ3) is 1.80. The van der Waals surface area contributed by atoms with Crippen LogP contribution in [0.1, 0.15) is 0 Å². The molecule has 0 bridgehead atoms. The van der Waals surface area contributed by atoms with Crippen molar-refractivity contribution < 1.29 is 13.9 Å². The van der Waals surface area contributed by atoms with Gasteiger partial charge in [-0.2, -0.15) is 0 Å². The van der Waals surface area contributed by atoms with E-state index in [1.54, 1.807) is 0 Å². The molecule has 4 heteroatoms. The van der Waals surface area contributed by atoms with Crippen LogP contribution < -0.4 is 9.47 Å². The molecule has 0 saturated heterocycles. The lowest BCUT2D eigenvalue weighted by Gasteiger charge is -2.08. The molecule has 0 aromatic heterocycles. The highest BCUT2D eigenvalue weighted by Gasteiger charge is 2.09. The van der Waals surface area contributed by atoms with Gasteiger partial charge in [-0.25, -0.2) is 4.39 Å². The third-order valence-corrected chi connectivity index (χ3v) is 2.20. The highest BCUT2D eigenvalue weighted by Crippen LogP contribution is 2.32. The van der Waals surface area contributed by atoms with E-state index in [1.807, 2.05) is 22.6 Å². The summed E-state index contributed by atoms with van der Waals surface area (Å²) < 4.78 is 23.4. The summed E-state index contributed by atoms with van der Waals surface area (Å²) in [5, 5.41) is 0. The Morgan fingerprint density at radius 2 is 1.92 bits per heavy atom. The molecule has 0 atom stereocenters. The molecule has 1 aromatic carbocycles. The van der Waals surface area contributed by atoms with E-state index in [4.69, 9.17) is 9.47 Å². The fourth-order valence-corrected chi connectivity index (χ4v) is 1.67. The zero-order valence-corrected chi connectivity index (χ0v) is 8.88. The third-order valence-electron chi connectivity index (χ3n) is 1.40. The van der Waals surface area contributed by atoms with Crippen molar-refractivity contribution in [2.24, 2.45) is 0 Å². The highest BCUT2D eigenvalue weighted by atomic mass is 127. The predicted molar refractivity (Wildman–Crippen MR) is 52.2 cm³/mol. The van der Waals surface area contributed by atoms with E-state index >= 15 is 0 Å². The maximum atomic E-state index is 12.8. The predicted octanol–water partition coefficient (Wildman–Crippen LogP) is 2.45. The first kappa shape index (κ1) is 9.57. The number of rotatable bonds is 2. The summed E-state index contributed by atoms with van der Waals surface area (Å²) in [7, 11) is 3.01. The lowest BCUT2D eigenvalue weighted by molar-refractivity contribution is 0.350. The van der Waals surface area contributed by atoms with Crippen LogP contribution in [0.5, 0.6) is 11.5 Å². The zero-order chi connectivity index (χ0) is 9.14. The first-order valence-corrected chi connectivity index (χ1v) is 4.34. The van der Waals surface area contributed by atoms with E-state index in [0.717, 1.165) is 0 Å². The van der Waals surface area contributed by atoms with E-state index < -0.39 is 0 Å². The zero-order valence-electron chi connectivity index (χ0n) is 6.73. The molecule has 0 radical (unpaired) electrons. The van der Waals surface area contributed by atoms with E-state index in [0.29, 0.717) is 15.1 Å². The number of ether oxygens (including phenoxy) is 2. The van der Waals surface area contributed by atoms with E-state index in [-0.39, 0.29) is 5.82 Å². The quantitative estimate of drug-likeness (QED) is 0.776. The van der Waals surface area contributed by atoms with Crippen LogP contribution in [0, 0.1) is 9.39 Å². The Bertz CT molecular complexity index is 289. The second-order valence-corrected chi connectivity index (χ2v) is 3.29. The van der Waals surface area contributed by atoms with Crippen LogP contribution in [0.3, 0.4) is 0 Å². The molecule has 0 amide bonds. The maximum absolute atomic E-state index is 12.8. The van der Waals surface area contributed by atoms with Gasteiger partial charge in [-0.1, -0.05) is 0 Å². The molecule has 66 valence electrons. The first-order valence-electron chi connectivity index (χ1n) is 3.26. The molecule has 0 N–H and O–H groups in total. The van der Waals surface area contributed by atoms with Crippen molar-refractivity contribution >= 4 is 22.6 Å². The number of hydrogen-bond acceptors (Lipinski definition) is 2. The molecule has 0 aliphatic carbocycles. The highest BCUT2D eigenvalue weighted by molar-refractivity contribution is 14.1. The van der Waals surface area contributed by atoms with Gasteiger partial charge >= 0.3 is 0 Å². The summed E-state index contributed by atoms with van der Waals surface area (Å²) in [6.07, 6.45) is 0. The van der Waals surface area contributed by atoms with Gasteiger partial charge in [0.2, 0.25) is 0 Å². The van der Waals surface area contributed by atoms with E-state index in [9.17, 15) is 4.39 Å². The standard InChI is InChI=1S/C8H8FIO2/c1-11-7-4-5(9)3-6(10)8(7)12-2/h3-4H,1-2H3. The molecule has 0 aliphatic heterocycles. The van der Waals surface area contributed by atoms with Gasteiger partial charge in [-0.05, 0) is 28.7 Å². The molecule has 0 fully saturated rings. The van der Waals surface area contributed by atoms with Crippen molar-refractivity contribution in [3.05, 3.63) is 21.5 Å². The largest absolute Gasteiger partial charge is 0.493 e. The lowest BCUT2D eigenvalue weighted by Crippen LogP contribution is -1.93. The number of hydrogen-bond donors (Lipinski definition) is 0. The minimum absolute atomic E-state index is 0.322. The molecule has 2 nitrogen and oxygen atoms in total. The van der Waals surface area contributed by atoms with Gasteiger partial charge in [0, 0.05) is 6.07 Å². The lowest BCUT2D eigenvalue weighted by atomic mass is 10.3. The fraction of sp³-hybridized carbons (Fsp3) is 0.250. The van der Waals surface area contributed by atoms with Gasteiger partial charge in [-0.3, -0.25) is 0 Å². The number of methoxy groups -OCH3 is 2.